The number of amides is 2. The van der Waals surface area contributed by atoms with Gasteiger partial charge in [0.05, 0.1) is 4.92 Å². The molecule has 0 saturated carbocycles. The molecular weight excluding hydrogens is 400 g/mol. The number of rotatable bonds is 5. The van der Waals surface area contributed by atoms with Gasteiger partial charge >= 0.3 is 6.09 Å². The number of nitrogens with zero attached hydrogens (tertiary/aromatic N) is 3. The fraction of sp³-hybridized carbons (Fsp3) is 0.636. The summed E-state index contributed by atoms with van der Waals surface area (Å²) >= 11 is 0. The topological polar surface area (TPSA) is 105 Å². The minimum absolute atomic E-state index is 0.0100. The molecular formula is C22H32N4O5. The molecule has 2 fully saturated rings. The fourth-order valence-corrected chi connectivity index (χ4v) is 4.09. The minimum atomic E-state index is -0.535. The zero-order valence-corrected chi connectivity index (χ0v) is 18.6. The van der Waals surface area contributed by atoms with E-state index in [1.165, 1.54) is 6.07 Å². The number of hydrogen-bond acceptors (Lipinski definition) is 6. The van der Waals surface area contributed by atoms with Gasteiger partial charge in [-0.15, -0.1) is 0 Å². The summed E-state index contributed by atoms with van der Waals surface area (Å²) in [6.07, 6.45) is 3.13. The normalized spacial score (nSPS) is 17.5. The Morgan fingerprint density at radius 2 is 1.81 bits per heavy atom. The van der Waals surface area contributed by atoms with Crippen molar-refractivity contribution >= 4 is 23.4 Å². The van der Waals surface area contributed by atoms with Crippen LogP contribution in [0.2, 0.25) is 0 Å². The van der Waals surface area contributed by atoms with Crippen LogP contribution in [0.5, 0.6) is 0 Å². The highest BCUT2D eigenvalue weighted by atomic mass is 16.6. The summed E-state index contributed by atoms with van der Waals surface area (Å²) in [7, 11) is 0. The summed E-state index contributed by atoms with van der Waals surface area (Å²) in [4.78, 5) is 39.7. The molecule has 2 aliphatic heterocycles. The van der Waals surface area contributed by atoms with E-state index in [0.717, 1.165) is 38.8 Å². The van der Waals surface area contributed by atoms with Crippen molar-refractivity contribution in [2.75, 3.05) is 37.6 Å². The van der Waals surface area contributed by atoms with Gasteiger partial charge in [0.2, 0.25) is 0 Å². The zero-order chi connectivity index (χ0) is 22.6. The molecule has 0 unspecified atom stereocenters. The lowest BCUT2D eigenvalue weighted by atomic mass is 9.96. The van der Waals surface area contributed by atoms with Gasteiger partial charge in [0.25, 0.3) is 11.6 Å². The molecule has 1 aromatic rings. The van der Waals surface area contributed by atoms with E-state index < -0.39 is 16.6 Å². The van der Waals surface area contributed by atoms with E-state index in [2.05, 4.69) is 5.32 Å². The van der Waals surface area contributed by atoms with Crippen molar-refractivity contribution in [3.05, 3.63) is 33.9 Å². The predicted octanol–water partition coefficient (Wildman–Crippen LogP) is 3.57. The molecule has 1 aromatic carbocycles. The average molecular weight is 433 g/mol. The highest BCUT2D eigenvalue weighted by Crippen LogP contribution is 2.32. The van der Waals surface area contributed by atoms with Gasteiger partial charge < -0.3 is 19.9 Å². The number of nitro benzene ring substituents is 1. The maximum Gasteiger partial charge on any atom is 0.407 e. The third-order valence-corrected chi connectivity index (χ3v) is 5.70. The summed E-state index contributed by atoms with van der Waals surface area (Å²) in [6.45, 7) is 8.68. The second-order valence-electron chi connectivity index (χ2n) is 9.27. The Bertz CT molecular complexity index is 822. The van der Waals surface area contributed by atoms with Crippen molar-refractivity contribution in [1.29, 1.82) is 0 Å². The molecule has 3 rings (SSSR count). The largest absolute Gasteiger partial charge is 0.444 e. The Morgan fingerprint density at radius 3 is 2.39 bits per heavy atom. The SMILES string of the molecule is CC(C)(C)OC(=O)NCC1CCN(C(=O)c2ccc(N3CCCC3)c([N+](=O)[O-])c2)CC1. The van der Waals surface area contributed by atoms with E-state index in [0.29, 0.717) is 30.9 Å². The van der Waals surface area contributed by atoms with Crippen molar-refractivity contribution in [3.8, 4) is 0 Å². The van der Waals surface area contributed by atoms with E-state index >= 15 is 0 Å². The Hall–Kier alpha value is -2.84. The lowest BCUT2D eigenvalue weighted by Gasteiger charge is -2.32. The Labute approximate surface area is 182 Å². The quantitative estimate of drug-likeness (QED) is 0.563. The number of nitrogens with one attached hydrogen (secondary N) is 1. The van der Waals surface area contributed by atoms with E-state index in [9.17, 15) is 19.7 Å². The molecule has 2 saturated heterocycles. The standard InChI is InChI=1S/C22H32N4O5/c1-22(2,3)31-21(28)23-15-16-8-12-25(13-9-16)20(27)17-6-7-18(19(14-17)26(29)30)24-10-4-5-11-24/h6-7,14,16H,4-5,8-13,15H2,1-3H3,(H,23,28). The van der Waals surface area contributed by atoms with Crippen LogP contribution in [0.3, 0.4) is 0 Å². The van der Waals surface area contributed by atoms with Crippen molar-refractivity contribution in [3.63, 3.8) is 0 Å². The van der Waals surface area contributed by atoms with Gasteiger partial charge in [0, 0.05) is 44.4 Å². The average Bonchev–Trinajstić information content (AvgIpc) is 3.25. The van der Waals surface area contributed by atoms with Crippen molar-refractivity contribution in [1.82, 2.24) is 10.2 Å². The molecule has 2 amide bonds. The number of likely N-dealkylation sites (tertiary alicyclic amines) is 1. The number of ether oxygens (including phenoxy) is 1. The maximum atomic E-state index is 12.9. The van der Waals surface area contributed by atoms with Crippen LogP contribution in [0.4, 0.5) is 16.2 Å². The first-order chi connectivity index (χ1) is 14.6. The Balaban J connectivity index is 1.56. The molecule has 170 valence electrons. The first kappa shape index (κ1) is 22.8. The van der Waals surface area contributed by atoms with E-state index in [-0.39, 0.29) is 17.5 Å². The van der Waals surface area contributed by atoms with Crippen LogP contribution in [-0.4, -0.2) is 60.1 Å². The van der Waals surface area contributed by atoms with Gasteiger partial charge in [-0.2, -0.15) is 0 Å². The number of benzene rings is 1. The lowest BCUT2D eigenvalue weighted by Crippen LogP contribution is -2.42. The van der Waals surface area contributed by atoms with Crippen LogP contribution in [0.1, 0.15) is 56.8 Å². The van der Waals surface area contributed by atoms with Crippen LogP contribution < -0.4 is 10.2 Å². The van der Waals surface area contributed by atoms with Gasteiger partial charge in [0.1, 0.15) is 11.3 Å². The second-order valence-corrected chi connectivity index (χ2v) is 9.27. The molecule has 0 radical (unpaired) electrons. The van der Waals surface area contributed by atoms with E-state index in [1.807, 2.05) is 25.7 Å². The molecule has 0 aromatic heterocycles. The first-order valence-corrected chi connectivity index (χ1v) is 10.9. The lowest BCUT2D eigenvalue weighted by molar-refractivity contribution is -0.384. The first-order valence-electron chi connectivity index (χ1n) is 10.9. The monoisotopic (exact) mass is 432 g/mol. The Morgan fingerprint density at radius 1 is 1.16 bits per heavy atom. The number of anilines is 1. The maximum absolute atomic E-state index is 12.9. The summed E-state index contributed by atoms with van der Waals surface area (Å²) in [6, 6.07) is 4.81. The van der Waals surface area contributed by atoms with Gasteiger partial charge in [0.15, 0.2) is 0 Å². The fourth-order valence-electron chi connectivity index (χ4n) is 4.09. The molecule has 2 aliphatic rings. The van der Waals surface area contributed by atoms with Crippen LogP contribution in [0.25, 0.3) is 0 Å². The van der Waals surface area contributed by atoms with E-state index in [1.54, 1.807) is 17.0 Å². The third kappa shape index (κ3) is 6.08. The highest BCUT2D eigenvalue weighted by molar-refractivity contribution is 5.96. The number of nitro groups is 1. The predicted molar refractivity (Wildman–Crippen MR) is 117 cm³/mol. The number of hydrogen-bond donors (Lipinski definition) is 1. The second kappa shape index (κ2) is 9.53. The molecule has 9 nitrogen and oxygen atoms in total. The van der Waals surface area contributed by atoms with Gasteiger partial charge in [-0.3, -0.25) is 14.9 Å². The molecule has 1 N–H and O–H groups in total. The number of carbonyl (C=O) groups excluding carboxylic acids is 2. The molecule has 9 heteroatoms. The van der Waals surface area contributed by atoms with Crippen molar-refractivity contribution in [2.24, 2.45) is 5.92 Å². The van der Waals surface area contributed by atoms with Crippen LogP contribution in [0, 0.1) is 16.0 Å². The summed E-state index contributed by atoms with van der Waals surface area (Å²) in [5, 5.41) is 14.4. The van der Waals surface area contributed by atoms with Gasteiger partial charge in [-0.1, -0.05) is 0 Å². The number of carbonyl (C=O) groups is 2. The summed E-state index contributed by atoms with van der Waals surface area (Å²) in [5.41, 5.74) is 0.391. The van der Waals surface area contributed by atoms with Gasteiger partial charge in [-0.25, -0.2) is 4.79 Å². The summed E-state index contributed by atoms with van der Waals surface area (Å²) < 4.78 is 5.25. The molecule has 0 spiro atoms. The molecule has 0 aliphatic carbocycles. The van der Waals surface area contributed by atoms with Gasteiger partial charge in [-0.05, 0) is 64.5 Å². The van der Waals surface area contributed by atoms with Crippen LogP contribution in [0.15, 0.2) is 18.2 Å². The zero-order valence-electron chi connectivity index (χ0n) is 18.6. The molecule has 0 atom stereocenters. The minimum Gasteiger partial charge on any atom is -0.444 e. The summed E-state index contributed by atoms with van der Waals surface area (Å²) in [5.74, 6) is 0.0815. The van der Waals surface area contributed by atoms with Crippen LogP contribution >= 0.6 is 0 Å². The number of alkyl carbamates (subject to hydrolysis) is 1. The van der Waals surface area contributed by atoms with E-state index in [4.69, 9.17) is 4.74 Å². The number of piperidine rings is 1. The van der Waals surface area contributed by atoms with Crippen LogP contribution in [-0.2, 0) is 4.74 Å². The van der Waals surface area contributed by atoms with Crippen molar-refractivity contribution in [2.45, 2.75) is 52.1 Å². The van der Waals surface area contributed by atoms with Crippen molar-refractivity contribution < 1.29 is 19.2 Å². The molecule has 2 heterocycles. The highest BCUT2D eigenvalue weighted by Gasteiger charge is 2.28. The third-order valence-electron chi connectivity index (χ3n) is 5.70. The smallest absolute Gasteiger partial charge is 0.407 e. The Kier molecular flexibility index (Phi) is 7.02. The molecule has 31 heavy (non-hydrogen) atoms. The molecule has 0 bridgehead atoms.